The molecule has 4 N–H and O–H groups in total. The molecule has 0 saturated heterocycles. The van der Waals surface area contributed by atoms with Crippen LogP contribution >= 0.6 is 0 Å². The first-order chi connectivity index (χ1) is 15.8. The van der Waals surface area contributed by atoms with Gasteiger partial charge in [-0.1, -0.05) is 19.1 Å². The van der Waals surface area contributed by atoms with Crippen molar-refractivity contribution in [3.8, 4) is 11.3 Å². The predicted octanol–water partition coefficient (Wildman–Crippen LogP) is 2.49. The van der Waals surface area contributed by atoms with Crippen LogP contribution in [-0.4, -0.2) is 35.0 Å². The molecule has 33 heavy (non-hydrogen) atoms. The van der Waals surface area contributed by atoms with Gasteiger partial charge < -0.3 is 16.0 Å². The molecule has 3 aromatic heterocycles. The molecular weight excluding hydrogens is 442 g/mol. The van der Waals surface area contributed by atoms with E-state index in [-0.39, 0.29) is 16.2 Å². The topological polar surface area (TPSA) is 148 Å². The number of benzene rings is 1. The summed E-state index contributed by atoms with van der Waals surface area (Å²) in [4.78, 5) is 35.2. The number of anilines is 1. The number of primary amides is 1. The Bertz CT molecular complexity index is 1510. The molecule has 0 spiro atoms. The molecule has 0 unspecified atom stereocenters. The average molecular weight is 464 g/mol. The molecular formula is C23H21N5O4S. The third-order valence-corrected chi connectivity index (χ3v) is 6.90. The van der Waals surface area contributed by atoms with Crippen molar-refractivity contribution in [3.63, 3.8) is 0 Å². The van der Waals surface area contributed by atoms with E-state index >= 15 is 0 Å². The summed E-state index contributed by atoms with van der Waals surface area (Å²) in [6.45, 7) is 1.90. The monoisotopic (exact) mass is 463 g/mol. The molecule has 0 bridgehead atoms. The van der Waals surface area contributed by atoms with Crippen LogP contribution in [0.5, 0.6) is 0 Å². The van der Waals surface area contributed by atoms with E-state index in [0.717, 1.165) is 5.56 Å². The van der Waals surface area contributed by atoms with E-state index in [1.807, 2.05) is 0 Å². The third kappa shape index (κ3) is 4.60. The molecule has 0 aliphatic heterocycles. The number of nitrogens with zero attached hydrogens (tertiary/aromatic N) is 2. The Hall–Kier alpha value is -4.05. The largest absolute Gasteiger partial charge is 0.366 e. The van der Waals surface area contributed by atoms with Crippen LogP contribution in [0.25, 0.3) is 22.0 Å². The van der Waals surface area contributed by atoms with Gasteiger partial charge >= 0.3 is 0 Å². The summed E-state index contributed by atoms with van der Waals surface area (Å²) in [5.41, 5.74) is 7.21. The Morgan fingerprint density at radius 2 is 1.88 bits per heavy atom. The number of hydrogen-bond acceptors (Lipinski definition) is 7. The zero-order valence-corrected chi connectivity index (χ0v) is 18.5. The lowest BCUT2D eigenvalue weighted by atomic mass is 10.1. The maximum absolute atomic E-state index is 12.5. The fourth-order valence-electron chi connectivity index (χ4n) is 3.36. The molecule has 1 amide bonds. The Labute approximate surface area is 189 Å². The number of pyridine rings is 3. The molecule has 1 aromatic carbocycles. The Balaban J connectivity index is 1.76. The van der Waals surface area contributed by atoms with E-state index in [9.17, 15) is 18.0 Å². The van der Waals surface area contributed by atoms with Crippen LogP contribution < -0.4 is 16.6 Å². The van der Waals surface area contributed by atoms with Crippen LogP contribution in [0.1, 0.15) is 22.8 Å². The standard InChI is InChI=1S/C23H21N5O4S/c1-2-33(31,32)18-9-17(12-25-13-18)19-10-16-7-8-26-23(30)20(16)22(28-19)27-11-14-3-5-15(6-4-14)21(24)29/h3-10,12-13H,2,11H2,1H3,(H2,24,29)(H,26,30)(H,27,28). The number of nitrogens with one attached hydrogen (secondary N) is 2. The molecule has 10 heteroatoms. The fourth-order valence-corrected chi connectivity index (χ4v) is 4.22. The first-order valence-electron chi connectivity index (χ1n) is 10.1. The quantitative estimate of drug-likeness (QED) is 0.381. The average Bonchev–Trinajstić information content (AvgIpc) is 2.82. The number of carbonyl (C=O) groups excluding carboxylic acids is 1. The van der Waals surface area contributed by atoms with Crippen molar-refractivity contribution in [3.05, 3.63) is 82.5 Å². The first-order valence-corrected chi connectivity index (χ1v) is 11.8. The van der Waals surface area contributed by atoms with E-state index in [0.29, 0.717) is 40.0 Å². The van der Waals surface area contributed by atoms with Gasteiger partial charge in [-0.05, 0) is 41.3 Å². The molecule has 3 heterocycles. The number of rotatable bonds is 7. The van der Waals surface area contributed by atoms with Gasteiger partial charge in [0.05, 0.1) is 21.7 Å². The summed E-state index contributed by atoms with van der Waals surface area (Å²) < 4.78 is 24.6. The number of hydrogen-bond donors (Lipinski definition) is 3. The summed E-state index contributed by atoms with van der Waals surface area (Å²) in [6.07, 6.45) is 4.38. The lowest BCUT2D eigenvalue weighted by Crippen LogP contribution is -2.12. The number of H-pyrrole nitrogens is 1. The van der Waals surface area contributed by atoms with Crippen molar-refractivity contribution in [1.29, 1.82) is 0 Å². The minimum Gasteiger partial charge on any atom is -0.366 e. The van der Waals surface area contributed by atoms with Crippen LogP contribution in [0.4, 0.5) is 5.82 Å². The minimum atomic E-state index is -3.44. The Morgan fingerprint density at radius 1 is 1.12 bits per heavy atom. The van der Waals surface area contributed by atoms with Crippen LogP contribution in [0.3, 0.4) is 0 Å². The fraction of sp³-hybridized carbons (Fsp3) is 0.130. The smallest absolute Gasteiger partial charge is 0.259 e. The summed E-state index contributed by atoms with van der Waals surface area (Å²) in [5.74, 6) is -0.214. The SMILES string of the molecule is CCS(=O)(=O)c1cncc(-c2cc3cc[nH]c(=O)c3c(NCc3ccc(C(N)=O)cc3)n2)c1. The molecule has 4 aromatic rings. The van der Waals surface area contributed by atoms with E-state index in [2.05, 4.69) is 20.3 Å². The molecule has 4 rings (SSSR count). The lowest BCUT2D eigenvalue weighted by molar-refractivity contribution is 0.1000. The molecule has 0 aliphatic carbocycles. The highest BCUT2D eigenvalue weighted by atomic mass is 32.2. The van der Waals surface area contributed by atoms with Gasteiger partial charge in [-0.2, -0.15) is 0 Å². The third-order valence-electron chi connectivity index (χ3n) is 5.20. The number of aromatic amines is 1. The molecule has 0 saturated carbocycles. The second-order valence-corrected chi connectivity index (χ2v) is 9.63. The van der Waals surface area contributed by atoms with Gasteiger partial charge in [0.1, 0.15) is 5.82 Å². The summed E-state index contributed by atoms with van der Waals surface area (Å²) in [6, 6.07) is 11.8. The van der Waals surface area contributed by atoms with Crippen molar-refractivity contribution in [2.75, 3.05) is 11.1 Å². The number of fused-ring (bicyclic) bond motifs is 1. The zero-order valence-electron chi connectivity index (χ0n) is 17.7. The highest BCUT2D eigenvalue weighted by Gasteiger charge is 2.16. The molecule has 9 nitrogen and oxygen atoms in total. The number of carbonyl (C=O) groups is 1. The Morgan fingerprint density at radius 3 is 2.58 bits per heavy atom. The van der Waals surface area contributed by atoms with Gasteiger partial charge in [-0.3, -0.25) is 14.6 Å². The molecule has 0 fully saturated rings. The molecule has 0 aliphatic rings. The predicted molar refractivity (Wildman–Crippen MR) is 126 cm³/mol. The molecule has 0 radical (unpaired) electrons. The van der Waals surface area contributed by atoms with Gasteiger partial charge in [0.2, 0.25) is 5.91 Å². The van der Waals surface area contributed by atoms with E-state index in [1.165, 1.54) is 24.7 Å². The van der Waals surface area contributed by atoms with Gasteiger partial charge in [0.25, 0.3) is 5.56 Å². The van der Waals surface area contributed by atoms with Gasteiger partial charge in [0, 0.05) is 36.3 Å². The van der Waals surface area contributed by atoms with Crippen molar-refractivity contribution in [2.45, 2.75) is 18.4 Å². The number of amides is 1. The normalized spacial score (nSPS) is 11.4. The molecule has 168 valence electrons. The highest BCUT2D eigenvalue weighted by Crippen LogP contribution is 2.27. The maximum Gasteiger partial charge on any atom is 0.259 e. The number of aromatic nitrogens is 3. The second-order valence-electron chi connectivity index (χ2n) is 7.35. The Kier molecular flexibility index (Phi) is 5.93. The number of nitrogens with two attached hydrogens (primary N) is 1. The van der Waals surface area contributed by atoms with Crippen LogP contribution in [-0.2, 0) is 16.4 Å². The van der Waals surface area contributed by atoms with E-state index in [1.54, 1.807) is 43.3 Å². The van der Waals surface area contributed by atoms with Crippen LogP contribution in [0.2, 0.25) is 0 Å². The zero-order chi connectivity index (χ0) is 23.6. The summed E-state index contributed by atoms with van der Waals surface area (Å²) >= 11 is 0. The number of sulfone groups is 1. The summed E-state index contributed by atoms with van der Waals surface area (Å²) in [7, 11) is -3.44. The van der Waals surface area contributed by atoms with Gasteiger partial charge in [0.15, 0.2) is 9.84 Å². The summed E-state index contributed by atoms with van der Waals surface area (Å²) in [5, 5.41) is 4.19. The van der Waals surface area contributed by atoms with Gasteiger partial charge in [-0.15, -0.1) is 0 Å². The van der Waals surface area contributed by atoms with Crippen molar-refractivity contribution < 1.29 is 13.2 Å². The van der Waals surface area contributed by atoms with Crippen molar-refractivity contribution in [2.24, 2.45) is 5.73 Å². The second kappa shape index (κ2) is 8.83. The van der Waals surface area contributed by atoms with Crippen molar-refractivity contribution in [1.82, 2.24) is 15.0 Å². The van der Waals surface area contributed by atoms with Gasteiger partial charge in [-0.25, -0.2) is 13.4 Å². The van der Waals surface area contributed by atoms with E-state index in [4.69, 9.17) is 5.73 Å². The minimum absolute atomic E-state index is 0.0417. The van der Waals surface area contributed by atoms with E-state index < -0.39 is 15.7 Å². The van der Waals surface area contributed by atoms with Crippen LogP contribution in [0.15, 0.2) is 70.7 Å². The van der Waals surface area contributed by atoms with Crippen molar-refractivity contribution >= 4 is 32.3 Å². The highest BCUT2D eigenvalue weighted by molar-refractivity contribution is 7.91. The lowest BCUT2D eigenvalue weighted by Gasteiger charge is -2.12. The maximum atomic E-state index is 12.5. The molecule has 0 atom stereocenters. The van der Waals surface area contributed by atoms with Crippen LogP contribution in [0, 0.1) is 0 Å². The first kappa shape index (κ1) is 22.2.